The van der Waals surface area contributed by atoms with Crippen LogP contribution in [0.5, 0.6) is 0 Å². The van der Waals surface area contributed by atoms with Crippen LogP contribution in [0.15, 0.2) is 48.5 Å². The summed E-state index contributed by atoms with van der Waals surface area (Å²) in [6, 6.07) is 14.9. The monoisotopic (exact) mass is 370 g/mol. The van der Waals surface area contributed by atoms with Gasteiger partial charge in [0, 0.05) is 23.0 Å². The SMILES string of the molecule is C[C@@H](NC(=O)c1cc2ccc(Cl)cc2n1C)c1ccc(C(C)(C)O)cc1. The number of carbonyl (C=O) groups excluding carboxylic acids is 1. The van der Waals surface area contributed by atoms with E-state index < -0.39 is 5.60 Å². The molecule has 1 aromatic heterocycles. The summed E-state index contributed by atoms with van der Waals surface area (Å²) in [4.78, 5) is 12.7. The third-order valence-corrected chi connectivity index (χ3v) is 4.94. The number of benzene rings is 2. The Kier molecular flexibility index (Phi) is 4.82. The summed E-state index contributed by atoms with van der Waals surface area (Å²) in [7, 11) is 1.86. The van der Waals surface area contributed by atoms with Crippen molar-refractivity contribution in [1.29, 1.82) is 0 Å². The topological polar surface area (TPSA) is 54.3 Å². The van der Waals surface area contributed by atoms with Gasteiger partial charge in [0.15, 0.2) is 0 Å². The average molecular weight is 371 g/mol. The predicted molar refractivity (Wildman–Crippen MR) is 105 cm³/mol. The van der Waals surface area contributed by atoms with Crippen LogP contribution in [0.3, 0.4) is 0 Å². The number of rotatable bonds is 4. The second-order valence-corrected chi connectivity index (χ2v) is 7.60. The van der Waals surface area contributed by atoms with Gasteiger partial charge in [0.05, 0.1) is 11.6 Å². The van der Waals surface area contributed by atoms with E-state index in [-0.39, 0.29) is 11.9 Å². The summed E-state index contributed by atoms with van der Waals surface area (Å²) in [5.74, 6) is -0.140. The Morgan fingerprint density at radius 3 is 2.42 bits per heavy atom. The van der Waals surface area contributed by atoms with E-state index in [1.54, 1.807) is 13.8 Å². The zero-order chi connectivity index (χ0) is 19.1. The lowest BCUT2D eigenvalue weighted by molar-refractivity contribution is 0.0785. The summed E-state index contributed by atoms with van der Waals surface area (Å²) < 4.78 is 1.85. The molecule has 1 atom stereocenters. The van der Waals surface area contributed by atoms with Crippen LogP contribution >= 0.6 is 11.6 Å². The molecule has 3 aromatic rings. The van der Waals surface area contributed by atoms with E-state index in [2.05, 4.69) is 5.32 Å². The number of halogens is 1. The molecule has 0 spiro atoms. The molecule has 136 valence electrons. The van der Waals surface area contributed by atoms with E-state index in [9.17, 15) is 9.90 Å². The number of nitrogens with one attached hydrogen (secondary N) is 1. The molecule has 2 N–H and O–H groups in total. The van der Waals surface area contributed by atoms with Gasteiger partial charge in [0.25, 0.3) is 5.91 Å². The lowest BCUT2D eigenvalue weighted by Gasteiger charge is -2.20. The van der Waals surface area contributed by atoms with E-state index >= 15 is 0 Å². The standard InChI is InChI=1S/C21H23ClN2O2/c1-13(14-5-8-16(9-6-14)21(2,3)26)23-20(25)19-11-15-7-10-17(22)12-18(15)24(19)4/h5-13,26H,1-4H3,(H,23,25)/t13-/m1/s1. The summed E-state index contributed by atoms with van der Waals surface area (Å²) >= 11 is 6.06. The number of amides is 1. The average Bonchev–Trinajstić information content (AvgIpc) is 2.91. The quantitative estimate of drug-likeness (QED) is 0.707. The van der Waals surface area contributed by atoms with Crippen molar-refractivity contribution >= 4 is 28.4 Å². The minimum atomic E-state index is -0.880. The Morgan fingerprint density at radius 1 is 1.15 bits per heavy atom. The van der Waals surface area contributed by atoms with Crippen molar-refractivity contribution in [3.8, 4) is 0 Å². The van der Waals surface area contributed by atoms with E-state index in [1.165, 1.54) is 0 Å². The van der Waals surface area contributed by atoms with Crippen molar-refractivity contribution in [2.75, 3.05) is 0 Å². The minimum Gasteiger partial charge on any atom is -0.386 e. The molecule has 0 saturated carbocycles. The molecule has 26 heavy (non-hydrogen) atoms. The van der Waals surface area contributed by atoms with Gasteiger partial charge < -0.3 is 15.0 Å². The summed E-state index contributed by atoms with van der Waals surface area (Å²) in [6.45, 7) is 5.44. The number of aliphatic hydroxyl groups is 1. The Labute approximate surface area is 158 Å². The Bertz CT molecular complexity index is 953. The first-order valence-corrected chi connectivity index (χ1v) is 8.93. The fraction of sp³-hybridized carbons (Fsp3) is 0.286. The number of hydrogen-bond donors (Lipinski definition) is 2. The molecule has 1 amide bonds. The highest BCUT2D eigenvalue weighted by atomic mass is 35.5. The Morgan fingerprint density at radius 2 is 1.81 bits per heavy atom. The Hall–Kier alpha value is -2.30. The normalized spacial score (nSPS) is 13.0. The molecular formula is C21H23ClN2O2. The van der Waals surface area contributed by atoms with E-state index in [0.29, 0.717) is 10.7 Å². The third-order valence-electron chi connectivity index (χ3n) is 4.70. The molecule has 0 bridgehead atoms. The molecule has 0 fully saturated rings. The highest BCUT2D eigenvalue weighted by molar-refractivity contribution is 6.31. The van der Waals surface area contributed by atoms with Crippen molar-refractivity contribution in [2.24, 2.45) is 7.05 Å². The van der Waals surface area contributed by atoms with Gasteiger partial charge in [-0.05, 0) is 50.1 Å². The smallest absolute Gasteiger partial charge is 0.268 e. The van der Waals surface area contributed by atoms with Gasteiger partial charge in [0.1, 0.15) is 5.69 Å². The number of aryl methyl sites for hydroxylation is 1. The van der Waals surface area contributed by atoms with Crippen LogP contribution in [0.2, 0.25) is 5.02 Å². The molecule has 4 nitrogen and oxygen atoms in total. The van der Waals surface area contributed by atoms with Crippen LogP contribution < -0.4 is 5.32 Å². The second kappa shape index (κ2) is 6.78. The largest absolute Gasteiger partial charge is 0.386 e. The number of nitrogens with zero attached hydrogens (tertiary/aromatic N) is 1. The maximum atomic E-state index is 12.7. The van der Waals surface area contributed by atoms with Crippen LogP contribution in [0.1, 0.15) is 48.4 Å². The van der Waals surface area contributed by atoms with Gasteiger partial charge in [-0.1, -0.05) is 41.9 Å². The molecule has 0 aliphatic heterocycles. The first-order chi connectivity index (χ1) is 12.2. The fourth-order valence-electron chi connectivity index (χ4n) is 3.05. The zero-order valence-electron chi connectivity index (χ0n) is 15.4. The minimum absolute atomic E-state index is 0.140. The summed E-state index contributed by atoms with van der Waals surface area (Å²) in [6.07, 6.45) is 0. The van der Waals surface area contributed by atoms with Crippen molar-refractivity contribution in [2.45, 2.75) is 32.4 Å². The van der Waals surface area contributed by atoms with Gasteiger partial charge >= 0.3 is 0 Å². The highest BCUT2D eigenvalue weighted by Crippen LogP contribution is 2.24. The molecule has 3 rings (SSSR count). The van der Waals surface area contributed by atoms with Crippen LogP contribution in [-0.4, -0.2) is 15.6 Å². The van der Waals surface area contributed by atoms with Crippen molar-refractivity contribution < 1.29 is 9.90 Å². The number of hydrogen-bond acceptors (Lipinski definition) is 2. The zero-order valence-corrected chi connectivity index (χ0v) is 16.1. The lowest BCUT2D eigenvalue weighted by Crippen LogP contribution is -2.28. The lowest BCUT2D eigenvalue weighted by atomic mass is 9.96. The van der Waals surface area contributed by atoms with Gasteiger partial charge in [-0.15, -0.1) is 0 Å². The van der Waals surface area contributed by atoms with Crippen LogP contribution in [-0.2, 0) is 12.6 Å². The molecule has 2 aromatic carbocycles. The van der Waals surface area contributed by atoms with Gasteiger partial charge in [-0.3, -0.25) is 4.79 Å². The molecular weight excluding hydrogens is 348 g/mol. The second-order valence-electron chi connectivity index (χ2n) is 7.17. The van der Waals surface area contributed by atoms with Gasteiger partial charge in [-0.25, -0.2) is 0 Å². The molecule has 0 saturated heterocycles. The number of aromatic nitrogens is 1. The molecule has 0 aliphatic carbocycles. The molecule has 0 aliphatic rings. The maximum Gasteiger partial charge on any atom is 0.268 e. The van der Waals surface area contributed by atoms with Crippen LogP contribution in [0.25, 0.3) is 10.9 Å². The molecule has 0 unspecified atom stereocenters. The predicted octanol–water partition coefficient (Wildman–Crippen LogP) is 4.55. The van der Waals surface area contributed by atoms with Crippen molar-refractivity contribution in [1.82, 2.24) is 9.88 Å². The molecule has 0 radical (unpaired) electrons. The van der Waals surface area contributed by atoms with E-state index in [1.807, 2.05) is 67.1 Å². The molecule has 1 heterocycles. The molecule has 5 heteroatoms. The van der Waals surface area contributed by atoms with Crippen molar-refractivity contribution in [3.05, 3.63) is 70.4 Å². The van der Waals surface area contributed by atoms with Gasteiger partial charge in [-0.2, -0.15) is 0 Å². The van der Waals surface area contributed by atoms with E-state index in [4.69, 9.17) is 11.6 Å². The van der Waals surface area contributed by atoms with E-state index in [0.717, 1.165) is 22.0 Å². The third kappa shape index (κ3) is 3.62. The fourth-order valence-corrected chi connectivity index (χ4v) is 3.22. The summed E-state index contributed by atoms with van der Waals surface area (Å²) in [5, 5.41) is 14.7. The first kappa shape index (κ1) is 18.5. The maximum absolute atomic E-state index is 12.7. The number of fused-ring (bicyclic) bond motifs is 1. The summed E-state index contributed by atoms with van der Waals surface area (Å²) in [5.41, 5.74) is 2.45. The van der Waals surface area contributed by atoms with Crippen molar-refractivity contribution in [3.63, 3.8) is 0 Å². The van der Waals surface area contributed by atoms with Gasteiger partial charge in [0.2, 0.25) is 0 Å². The number of carbonyl (C=O) groups is 1. The van der Waals surface area contributed by atoms with Crippen LogP contribution in [0.4, 0.5) is 0 Å². The Balaban J connectivity index is 1.80. The highest BCUT2D eigenvalue weighted by Gasteiger charge is 2.18. The first-order valence-electron chi connectivity index (χ1n) is 8.55. The van der Waals surface area contributed by atoms with Crippen LogP contribution in [0, 0.1) is 0 Å².